The highest BCUT2D eigenvalue weighted by molar-refractivity contribution is 5.86. The summed E-state index contributed by atoms with van der Waals surface area (Å²) in [5.41, 5.74) is -1.02. The Labute approximate surface area is 150 Å². The molecule has 8 heteroatoms. The van der Waals surface area contributed by atoms with E-state index >= 15 is 0 Å². The fourth-order valence-electron chi connectivity index (χ4n) is 3.19. The molecule has 0 aliphatic carbocycles. The summed E-state index contributed by atoms with van der Waals surface area (Å²) in [6, 6.07) is 3.56. The summed E-state index contributed by atoms with van der Waals surface area (Å²) in [6.45, 7) is 1.15. The number of rotatable bonds is 6. The Morgan fingerprint density at radius 2 is 2.15 bits per heavy atom. The van der Waals surface area contributed by atoms with Crippen LogP contribution in [-0.2, 0) is 24.9 Å². The smallest absolute Gasteiger partial charge is 0.256 e. The fourth-order valence-corrected chi connectivity index (χ4v) is 3.19. The number of hydrogen-bond acceptors (Lipinski definition) is 4. The van der Waals surface area contributed by atoms with Crippen LogP contribution in [0.2, 0.25) is 0 Å². The highest BCUT2D eigenvalue weighted by atomic mass is 19.2. The monoisotopic (exact) mass is 364 g/mol. The van der Waals surface area contributed by atoms with Gasteiger partial charge in [-0.1, -0.05) is 6.07 Å². The van der Waals surface area contributed by atoms with Gasteiger partial charge in [-0.25, -0.2) is 13.8 Å². The molecule has 1 aromatic heterocycles. The minimum absolute atomic E-state index is 0.104. The van der Waals surface area contributed by atoms with Gasteiger partial charge in [-0.2, -0.15) is 0 Å². The number of amides is 1. The van der Waals surface area contributed by atoms with Crippen molar-refractivity contribution in [3.8, 4) is 0 Å². The number of piperidine rings is 1. The van der Waals surface area contributed by atoms with Crippen LogP contribution in [0.4, 0.5) is 8.78 Å². The zero-order chi connectivity index (χ0) is 18.7. The number of aryl methyl sites for hydroxylation is 1. The second-order valence-electron chi connectivity index (χ2n) is 6.67. The number of benzene rings is 1. The minimum atomic E-state index is -1.51. The molecule has 1 aromatic carbocycles. The van der Waals surface area contributed by atoms with E-state index in [9.17, 15) is 18.7 Å². The molecule has 2 N–H and O–H groups in total. The quantitative estimate of drug-likeness (QED) is 0.812. The molecule has 140 valence electrons. The molecule has 1 fully saturated rings. The average molecular weight is 364 g/mol. The largest absolute Gasteiger partial charge is 0.379 e. The van der Waals surface area contributed by atoms with Crippen molar-refractivity contribution in [2.75, 3.05) is 13.1 Å². The molecular formula is C18H22F2N4O2. The van der Waals surface area contributed by atoms with Crippen molar-refractivity contribution in [3.05, 3.63) is 53.6 Å². The van der Waals surface area contributed by atoms with Gasteiger partial charge in [0, 0.05) is 39.1 Å². The maximum absolute atomic E-state index is 13.4. The highest BCUT2D eigenvalue weighted by Gasteiger charge is 2.41. The van der Waals surface area contributed by atoms with E-state index < -0.39 is 23.1 Å². The van der Waals surface area contributed by atoms with Gasteiger partial charge in [-0.3, -0.25) is 4.79 Å². The first kappa shape index (κ1) is 18.5. The van der Waals surface area contributed by atoms with Crippen LogP contribution in [-0.4, -0.2) is 44.2 Å². The van der Waals surface area contributed by atoms with Crippen LogP contribution >= 0.6 is 0 Å². The number of carbonyl (C=O) groups excluding carboxylic acids is 1. The minimum Gasteiger partial charge on any atom is -0.379 e. The van der Waals surface area contributed by atoms with E-state index in [1.807, 2.05) is 17.8 Å². The van der Waals surface area contributed by atoms with Crippen LogP contribution in [0.25, 0.3) is 0 Å². The van der Waals surface area contributed by atoms with Crippen LogP contribution in [0.3, 0.4) is 0 Å². The zero-order valence-corrected chi connectivity index (χ0v) is 14.6. The standard InChI is InChI=1S/C18H22F2N4O2/c1-23-8-6-22-16(23)10-21-12-18(26)5-2-7-24(17(18)25)11-13-3-4-14(19)15(20)9-13/h3-4,6,8-9,21,26H,2,5,7,10-12H2,1H3/t18-/m1/s1. The predicted octanol–water partition coefficient (Wildman–Crippen LogP) is 1.34. The number of carbonyl (C=O) groups is 1. The summed E-state index contributed by atoms with van der Waals surface area (Å²) in [7, 11) is 1.87. The summed E-state index contributed by atoms with van der Waals surface area (Å²) >= 11 is 0. The summed E-state index contributed by atoms with van der Waals surface area (Å²) in [5.74, 6) is -1.47. The molecule has 0 unspecified atom stereocenters. The summed E-state index contributed by atoms with van der Waals surface area (Å²) in [6.07, 6.45) is 4.49. The van der Waals surface area contributed by atoms with E-state index in [0.29, 0.717) is 31.5 Å². The lowest BCUT2D eigenvalue weighted by molar-refractivity contribution is -0.157. The Kier molecular flexibility index (Phi) is 5.33. The van der Waals surface area contributed by atoms with Gasteiger partial charge in [0.05, 0.1) is 6.54 Å². The van der Waals surface area contributed by atoms with E-state index in [4.69, 9.17) is 0 Å². The molecule has 3 rings (SSSR count). The van der Waals surface area contributed by atoms with Crippen LogP contribution in [0.15, 0.2) is 30.6 Å². The third-order valence-corrected chi connectivity index (χ3v) is 4.68. The molecule has 1 aliphatic rings. The van der Waals surface area contributed by atoms with Crippen LogP contribution in [0.5, 0.6) is 0 Å². The topological polar surface area (TPSA) is 70.4 Å². The first-order chi connectivity index (χ1) is 12.4. The average Bonchev–Trinajstić information content (AvgIpc) is 3.01. The van der Waals surface area contributed by atoms with E-state index in [1.54, 1.807) is 6.20 Å². The molecular weight excluding hydrogens is 342 g/mol. The fraction of sp³-hybridized carbons (Fsp3) is 0.444. The number of halogens is 2. The van der Waals surface area contributed by atoms with E-state index in [2.05, 4.69) is 10.3 Å². The molecule has 0 radical (unpaired) electrons. The summed E-state index contributed by atoms with van der Waals surface area (Å²) in [5, 5.41) is 13.8. The molecule has 2 aromatic rings. The van der Waals surface area contributed by atoms with Gasteiger partial charge in [0.1, 0.15) is 5.82 Å². The molecule has 0 spiro atoms. The van der Waals surface area contributed by atoms with Crippen molar-refractivity contribution >= 4 is 5.91 Å². The molecule has 1 saturated heterocycles. The molecule has 0 saturated carbocycles. The number of imidazole rings is 1. The lowest BCUT2D eigenvalue weighted by Gasteiger charge is -2.38. The van der Waals surface area contributed by atoms with E-state index in [0.717, 1.165) is 18.0 Å². The molecule has 1 amide bonds. The zero-order valence-electron chi connectivity index (χ0n) is 14.6. The molecule has 26 heavy (non-hydrogen) atoms. The number of aliphatic hydroxyl groups is 1. The first-order valence-corrected chi connectivity index (χ1v) is 8.52. The number of hydrogen-bond donors (Lipinski definition) is 2. The van der Waals surface area contributed by atoms with Crippen molar-refractivity contribution < 1.29 is 18.7 Å². The Bertz CT molecular complexity index is 795. The van der Waals surface area contributed by atoms with Gasteiger partial charge in [0.15, 0.2) is 17.2 Å². The second-order valence-corrected chi connectivity index (χ2v) is 6.67. The van der Waals surface area contributed by atoms with Crippen molar-refractivity contribution in [1.82, 2.24) is 19.8 Å². The number of likely N-dealkylation sites (tertiary alicyclic amines) is 1. The summed E-state index contributed by atoms with van der Waals surface area (Å²) in [4.78, 5) is 18.4. The van der Waals surface area contributed by atoms with Gasteiger partial charge >= 0.3 is 0 Å². The Hall–Kier alpha value is -2.32. The second kappa shape index (κ2) is 7.51. The predicted molar refractivity (Wildman–Crippen MR) is 90.9 cm³/mol. The number of nitrogens with zero attached hydrogens (tertiary/aromatic N) is 3. The van der Waals surface area contributed by atoms with Crippen LogP contribution in [0, 0.1) is 11.6 Å². The normalized spacial score (nSPS) is 20.6. The van der Waals surface area contributed by atoms with Crippen LogP contribution in [0.1, 0.15) is 24.2 Å². The van der Waals surface area contributed by atoms with E-state index in [-0.39, 0.29) is 13.1 Å². The Balaban J connectivity index is 1.62. The Morgan fingerprint density at radius 1 is 1.35 bits per heavy atom. The molecule has 6 nitrogen and oxygen atoms in total. The van der Waals surface area contributed by atoms with Gasteiger partial charge < -0.3 is 19.9 Å². The van der Waals surface area contributed by atoms with Crippen molar-refractivity contribution in [2.24, 2.45) is 7.05 Å². The van der Waals surface area contributed by atoms with Crippen molar-refractivity contribution in [1.29, 1.82) is 0 Å². The molecule has 1 aliphatic heterocycles. The third-order valence-electron chi connectivity index (χ3n) is 4.68. The van der Waals surface area contributed by atoms with Gasteiger partial charge in [0.2, 0.25) is 0 Å². The maximum atomic E-state index is 13.4. The van der Waals surface area contributed by atoms with Crippen molar-refractivity contribution in [3.63, 3.8) is 0 Å². The Morgan fingerprint density at radius 3 is 2.85 bits per heavy atom. The molecule has 0 bridgehead atoms. The molecule has 2 heterocycles. The summed E-state index contributed by atoms with van der Waals surface area (Å²) < 4.78 is 28.3. The SMILES string of the molecule is Cn1ccnc1CNC[C@]1(O)CCCN(Cc2ccc(F)c(F)c2)C1=O. The van der Waals surface area contributed by atoms with Crippen molar-refractivity contribution in [2.45, 2.75) is 31.5 Å². The molecule has 1 atom stereocenters. The van der Waals surface area contributed by atoms with E-state index in [1.165, 1.54) is 11.0 Å². The number of aromatic nitrogens is 2. The van der Waals surface area contributed by atoms with Gasteiger partial charge in [-0.15, -0.1) is 0 Å². The first-order valence-electron chi connectivity index (χ1n) is 8.52. The number of nitrogens with one attached hydrogen (secondary N) is 1. The third kappa shape index (κ3) is 3.91. The highest BCUT2D eigenvalue weighted by Crippen LogP contribution is 2.24. The lowest BCUT2D eigenvalue weighted by Crippen LogP contribution is -2.57. The van der Waals surface area contributed by atoms with Crippen LogP contribution < -0.4 is 5.32 Å². The van der Waals surface area contributed by atoms with Gasteiger partial charge in [0.25, 0.3) is 5.91 Å². The maximum Gasteiger partial charge on any atom is 0.256 e. The van der Waals surface area contributed by atoms with Gasteiger partial charge in [-0.05, 0) is 30.5 Å². The lowest BCUT2D eigenvalue weighted by atomic mass is 9.91.